The molecule has 14 heavy (non-hydrogen) atoms. The Morgan fingerprint density at radius 3 is 2.93 bits per heavy atom. The van der Waals surface area contributed by atoms with Gasteiger partial charge < -0.3 is 5.32 Å². The van der Waals surface area contributed by atoms with Crippen molar-refractivity contribution in [3.63, 3.8) is 0 Å². The molecular weight excluding hydrogens is 180 g/mol. The van der Waals surface area contributed by atoms with E-state index in [4.69, 9.17) is 0 Å². The molecule has 78 valence electrons. The minimum absolute atomic E-state index is 0.00579. The number of rotatable bonds is 1. The second-order valence-electron chi connectivity index (χ2n) is 4.36. The van der Waals surface area contributed by atoms with E-state index < -0.39 is 0 Å². The van der Waals surface area contributed by atoms with Gasteiger partial charge in [0.15, 0.2) is 0 Å². The fraction of sp³-hybridized carbons (Fsp3) is 0.800. The smallest absolute Gasteiger partial charge is 0.324 e. The van der Waals surface area contributed by atoms with Crippen molar-refractivity contribution in [1.82, 2.24) is 10.2 Å². The number of carbonyl (C=O) groups is 2. The van der Waals surface area contributed by atoms with Gasteiger partial charge in [-0.3, -0.25) is 9.69 Å². The summed E-state index contributed by atoms with van der Waals surface area (Å²) in [6.07, 6.45) is 2.86. The summed E-state index contributed by atoms with van der Waals surface area (Å²) in [4.78, 5) is 24.9. The van der Waals surface area contributed by atoms with Gasteiger partial charge in [0.05, 0.1) is 5.41 Å². The van der Waals surface area contributed by atoms with Gasteiger partial charge in [-0.1, -0.05) is 6.42 Å². The molecular formula is C10H16N2O2. The molecule has 2 rings (SSSR count). The van der Waals surface area contributed by atoms with E-state index in [0.717, 1.165) is 19.3 Å². The van der Waals surface area contributed by atoms with Crippen LogP contribution in [0.25, 0.3) is 0 Å². The van der Waals surface area contributed by atoms with E-state index in [1.807, 2.05) is 13.8 Å². The van der Waals surface area contributed by atoms with E-state index >= 15 is 0 Å². The normalized spacial score (nSPS) is 37.0. The number of nitrogens with zero attached hydrogens (tertiary/aromatic N) is 1. The van der Waals surface area contributed by atoms with Crippen LogP contribution in [-0.4, -0.2) is 29.4 Å². The van der Waals surface area contributed by atoms with Crippen LogP contribution in [0.2, 0.25) is 0 Å². The number of hydrogen-bond acceptors (Lipinski definition) is 2. The molecule has 1 heterocycles. The molecule has 1 saturated carbocycles. The lowest BCUT2D eigenvalue weighted by Gasteiger charge is -2.40. The maximum atomic E-state index is 12.0. The summed E-state index contributed by atoms with van der Waals surface area (Å²) in [5.41, 5.74) is -0.343. The number of carbonyl (C=O) groups excluding carboxylic acids is 2. The van der Waals surface area contributed by atoms with Crippen LogP contribution in [-0.2, 0) is 4.79 Å². The van der Waals surface area contributed by atoms with Crippen molar-refractivity contribution in [2.45, 2.75) is 39.2 Å². The van der Waals surface area contributed by atoms with Crippen LogP contribution in [0.15, 0.2) is 0 Å². The van der Waals surface area contributed by atoms with Crippen molar-refractivity contribution >= 4 is 11.9 Å². The molecule has 0 radical (unpaired) electrons. The number of fused-ring (bicyclic) bond motifs is 1. The quantitative estimate of drug-likeness (QED) is 0.683. The molecule has 1 saturated heterocycles. The zero-order valence-electron chi connectivity index (χ0n) is 8.67. The Labute approximate surface area is 83.6 Å². The van der Waals surface area contributed by atoms with E-state index in [2.05, 4.69) is 5.32 Å². The molecule has 2 atom stereocenters. The van der Waals surface area contributed by atoms with Crippen LogP contribution in [0.5, 0.6) is 0 Å². The molecule has 0 bridgehead atoms. The van der Waals surface area contributed by atoms with Gasteiger partial charge in [-0.15, -0.1) is 0 Å². The van der Waals surface area contributed by atoms with Gasteiger partial charge in [-0.25, -0.2) is 4.79 Å². The van der Waals surface area contributed by atoms with Crippen molar-refractivity contribution in [2.24, 2.45) is 5.41 Å². The van der Waals surface area contributed by atoms with Crippen LogP contribution >= 0.6 is 0 Å². The van der Waals surface area contributed by atoms with Crippen molar-refractivity contribution < 1.29 is 9.59 Å². The van der Waals surface area contributed by atoms with Gasteiger partial charge in [0, 0.05) is 12.6 Å². The van der Waals surface area contributed by atoms with Gasteiger partial charge in [0.2, 0.25) is 5.91 Å². The molecule has 0 aromatic rings. The van der Waals surface area contributed by atoms with Crippen molar-refractivity contribution in [1.29, 1.82) is 0 Å². The van der Waals surface area contributed by atoms with E-state index in [9.17, 15) is 9.59 Å². The van der Waals surface area contributed by atoms with Crippen molar-refractivity contribution in [3.8, 4) is 0 Å². The first-order chi connectivity index (χ1) is 6.59. The number of nitrogens with one attached hydrogen (secondary N) is 1. The highest BCUT2D eigenvalue weighted by molar-refractivity contribution is 6.00. The molecule has 3 amide bonds. The van der Waals surface area contributed by atoms with E-state index in [1.165, 1.54) is 4.90 Å². The predicted molar refractivity (Wildman–Crippen MR) is 51.7 cm³/mol. The van der Waals surface area contributed by atoms with Crippen LogP contribution in [0, 0.1) is 5.41 Å². The molecule has 2 fully saturated rings. The summed E-state index contributed by atoms with van der Waals surface area (Å²) in [5, 5.41) is 2.92. The number of amides is 3. The molecule has 0 spiro atoms. The summed E-state index contributed by atoms with van der Waals surface area (Å²) in [5.74, 6) is 0.00579. The van der Waals surface area contributed by atoms with Gasteiger partial charge in [0.25, 0.3) is 0 Å². The number of imide groups is 1. The Kier molecular flexibility index (Phi) is 2.01. The molecule has 4 nitrogen and oxygen atoms in total. The third-order valence-electron chi connectivity index (χ3n) is 3.55. The van der Waals surface area contributed by atoms with Crippen molar-refractivity contribution in [3.05, 3.63) is 0 Å². The summed E-state index contributed by atoms with van der Waals surface area (Å²) in [7, 11) is 0. The summed E-state index contributed by atoms with van der Waals surface area (Å²) in [6.45, 7) is 4.26. The monoisotopic (exact) mass is 196 g/mol. The lowest BCUT2D eigenvalue weighted by atomic mass is 9.81. The second kappa shape index (κ2) is 2.97. The Hall–Kier alpha value is -1.06. The van der Waals surface area contributed by atoms with Crippen molar-refractivity contribution in [2.75, 3.05) is 6.54 Å². The minimum Gasteiger partial charge on any atom is -0.334 e. The fourth-order valence-corrected chi connectivity index (χ4v) is 2.57. The zero-order chi connectivity index (χ0) is 10.3. The van der Waals surface area contributed by atoms with Gasteiger partial charge in [0.1, 0.15) is 0 Å². The van der Waals surface area contributed by atoms with E-state index in [0.29, 0.717) is 6.54 Å². The first-order valence-electron chi connectivity index (χ1n) is 5.22. The Morgan fingerprint density at radius 2 is 2.29 bits per heavy atom. The Morgan fingerprint density at radius 1 is 1.57 bits per heavy atom. The molecule has 1 aliphatic carbocycles. The lowest BCUT2D eigenvalue weighted by molar-refractivity contribution is -0.140. The SMILES string of the molecule is CCN1C(=O)NC2CCCC2(C)C1=O. The van der Waals surface area contributed by atoms with Gasteiger partial charge in [-0.2, -0.15) is 0 Å². The summed E-state index contributed by atoms with van der Waals surface area (Å²) in [6, 6.07) is -0.160. The Bertz CT molecular complexity index is 290. The standard InChI is InChI=1S/C10H16N2O2/c1-3-12-8(13)10(2)6-4-5-7(10)11-9(12)14/h7H,3-6H2,1-2H3,(H,11,14). The Balaban J connectivity index is 2.31. The first kappa shape index (κ1) is 9.49. The van der Waals surface area contributed by atoms with Crippen LogP contribution < -0.4 is 5.32 Å². The highest BCUT2D eigenvalue weighted by Crippen LogP contribution is 2.41. The maximum absolute atomic E-state index is 12.0. The largest absolute Gasteiger partial charge is 0.334 e. The zero-order valence-corrected chi connectivity index (χ0v) is 8.67. The average Bonchev–Trinajstić information content (AvgIpc) is 2.50. The maximum Gasteiger partial charge on any atom is 0.324 e. The lowest BCUT2D eigenvalue weighted by Crippen LogP contribution is -2.62. The summed E-state index contributed by atoms with van der Waals surface area (Å²) < 4.78 is 0. The number of hydrogen-bond donors (Lipinski definition) is 1. The molecule has 2 aliphatic rings. The summed E-state index contributed by atoms with van der Waals surface area (Å²) >= 11 is 0. The van der Waals surface area contributed by atoms with E-state index in [1.54, 1.807) is 0 Å². The minimum atomic E-state index is -0.343. The van der Waals surface area contributed by atoms with Crippen LogP contribution in [0.3, 0.4) is 0 Å². The second-order valence-corrected chi connectivity index (χ2v) is 4.36. The predicted octanol–water partition coefficient (Wildman–Crippen LogP) is 1.12. The fourth-order valence-electron chi connectivity index (χ4n) is 2.57. The molecule has 2 unspecified atom stereocenters. The molecule has 0 aromatic heterocycles. The third kappa shape index (κ3) is 1.06. The molecule has 4 heteroatoms. The highest BCUT2D eigenvalue weighted by Gasteiger charge is 2.52. The van der Waals surface area contributed by atoms with Crippen LogP contribution in [0.1, 0.15) is 33.1 Å². The third-order valence-corrected chi connectivity index (χ3v) is 3.55. The highest BCUT2D eigenvalue weighted by atomic mass is 16.2. The van der Waals surface area contributed by atoms with Crippen LogP contribution in [0.4, 0.5) is 4.79 Å². The average molecular weight is 196 g/mol. The molecule has 1 N–H and O–H groups in total. The topological polar surface area (TPSA) is 49.4 Å². The van der Waals surface area contributed by atoms with Gasteiger partial charge in [-0.05, 0) is 26.7 Å². The molecule has 1 aliphatic heterocycles. The number of urea groups is 1. The first-order valence-corrected chi connectivity index (χ1v) is 5.22. The van der Waals surface area contributed by atoms with Gasteiger partial charge >= 0.3 is 6.03 Å². The van der Waals surface area contributed by atoms with E-state index in [-0.39, 0.29) is 23.4 Å². The molecule has 0 aromatic carbocycles.